The SMILES string of the molecule is C[C@@H]1COCCN1C(=O)N[C@H](c1ccc(F)cc1)[C@H]1CCCO1. The first kappa shape index (κ1) is 16.2. The zero-order chi connectivity index (χ0) is 16.2. The summed E-state index contributed by atoms with van der Waals surface area (Å²) in [4.78, 5) is 14.4. The van der Waals surface area contributed by atoms with Crippen LogP contribution in [0.5, 0.6) is 0 Å². The molecule has 0 aromatic heterocycles. The van der Waals surface area contributed by atoms with Crippen molar-refractivity contribution in [1.82, 2.24) is 10.2 Å². The maximum absolute atomic E-state index is 13.2. The normalized spacial score (nSPS) is 26.1. The number of hydrogen-bond acceptors (Lipinski definition) is 3. The Morgan fingerprint density at radius 2 is 2.13 bits per heavy atom. The van der Waals surface area contributed by atoms with Gasteiger partial charge in [0, 0.05) is 13.2 Å². The molecule has 1 N–H and O–H groups in total. The topological polar surface area (TPSA) is 50.8 Å². The largest absolute Gasteiger partial charge is 0.377 e. The van der Waals surface area contributed by atoms with Crippen molar-refractivity contribution in [1.29, 1.82) is 0 Å². The van der Waals surface area contributed by atoms with Crippen LogP contribution in [0.25, 0.3) is 0 Å². The van der Waals surface area contributed by atoms with Gasteiger partial charge in [-0.05, 0) is 37.5 Å². The first-order valence-corrected chi connectivity index (χ1v) is 8.17. The molecule has 5 nitrogen and oxygen atoms in total. The summed E-state index contributed by atoms with van der Waals surface area (Å²) in [7, 11) is 0. The summed E-state index contributed by atoms with van der Waals surface area (Å²) in [6.45, 7) is 4.35. The summed E-state index contributed by atoms with van der Waals surface area (Å²) in [5, 5.41) is 3.08. The van der Waals surface area contributed by atoms with Gasteiger partial charge in [0.15, 0.2) is 0 Å². The zero-order valence-corrected chi connectivity index (χ0v) is 13.3. The predicted molar refractivity (Wildman–Crippen MR) is 83.6 cm³/mol. The van der Waals surface area contributed by atoms with Gasteiger partial charge >= 0.3 is 6.03 Å². The van der Waals surface area contributed by atoms with Crippen molar-refractivity contribution in [2.45, 2.75) is 38.0 Å². The number of carbonyl (C=O) groups excluding carboxylic acids is 1. The highest BCUT2D eigenvalue weighted by atomic mass is 19.1. The summed E-state index contributed by atoms with van der Waals surface area (Å²) in [5.74, 6) is -0.284. The van der Waals surface area contributed by atoms with E-state index in [1.54, 1.807) is 17.0 Å². The molecule has 2 heterocycles. The van der Waals surface area contributed by atoms with Crippen molar-refractivity contribution in [3.8, 4) is 0 Å². The number of ether oxygens (including phenoxy) is 2. The molecule has 2 aliphatic heterocycles. The fourth-order valence-corrected chi connectivity index (χ4v) is 3.17. The third-order valence-electron chi connectivity index (χ3n) is 4.47. The van der Waals surface area contributed by atoms with E-state index in [1.165, 1.54) is 12.1 Å². The van der Waals surface area contributed by atoms with Gasteiger partial charge in [-0.25, -0.2) is 9.18 Å². The van der Waals surface area contributed by atoms with Crippen molar-refractivity contribution < 1.29 is 18.7 Å². The molecule has 2 saturated heterocycles. The number of benzene rings is 1. The number of urea groups is 1. The second-order valence-electron chi connectivity index (χ2n) is 6.15. The molecule has 3 rings (SSSR count). The highest BCUT2D eigenvalue weighted by Gasteiger charge is 2.32. The van der Waals surface area contributed by atoms with Crippen LogP contribution < -0.4 is 5.32 Å². The van der Waals surface area contributed by atoms with Gasteiger partial charge in [-0.2, -0.15) is 0 Å². The number of morpholine rings is 1. The van der Waals surface area contributed by atoms with Crippen LogP contribution in [0.15, 0.2) is 24.3 Å². The second-order valence-corrected chi connectivity index (χ2v) is 6.15. The van der Waals surface area contributed by atoms with E-state index in [4.69, 9.17) is 9.47 Å². The van der Waals surface area contributed by atoms with E-state index in [2.05, 4.69) is 5.32 Å². The van der Waals surface area contributed by atoms with Gasteiger partial charge in [-0.1, -0.05) is 12.1 Å². The van der Waals surface area contributed by atoms with Gasteiger partial charge in [-0.15, -0.1) is 0 Å². The Hall–Kier alpha value is -1.66. The van der Waals surface area contributed by atoms with Crippen LogP contribution in [-0.2, 0) is 9.47 Å². The molecule has 0 bridgehead atoms. The highest BCUT2D eigenvalue weighted by molar-refractivity contribution is 5.75. The average molecular weight is 322 g/mol. The summed E-state index contributed by atoms with van der Waals surface area (Å²) in [6, 6.07) is 5.92. The number of rotatable bonds is 3. The van der Waals surface area contributed by atoms with Crippen LogP contribution in [-0.4, -0.2) is 49.4 Å². The van der Waals surface area contributed by atoms with E-state index >= 15 is 0 Å². The molecule has 0 radical (unpaired) electrons. The number of halogens is 1. The second kappa shape index (κ2) is 7.27. The van der Waals surface area contributed by atoms with E-state index in [-0.39, 0.29) is 30.0 Å². The van der Waals surface area contributed by atoms with Crippen LogP contribution in [0.2, 0.25) is 0 Å². The first-order valence-electron chi connectivity index (χ1n) is 8.17. The lowest BCUT2D eigenvalue weighted by molar-refractivity contribution is 0.0156. The summed E-state index contributed by atoms with van der Waals surface area (Å²) in [5.41, 5.74) is 0.868. The van der Waals surface area contributed by atoms with E-state index < -0.39 is 0 Å². The van der Waals surface area contributed by atoms with Gasteiger partial charge in [0.1, 0.15) is 5.82 Å². The molecule has 2 aliphatic rings. The fraction of sp³-hybridized carbons (Fsp3) is 0.588. The van der Waals surface area contributed by atoms with E-state index in [9.17, 15) is 9.18 Å². The van der Waals surface area contributed by atoms with Crippen LogP contribution in [0, 0.1) is 5.82 Å². The lowest BCUT2D eigenvalue weighted by atomic mass is 9.99. The third kappa shape index (κ3) is 3.82. The Balaban J connectivity index is 1.75. The maximum atomic E-state index is 13.2. The van der Waals surface area contributed by atoms with Crippen molar-refractivity contribution in [3.05, 3.63) is 35.6 Å². The van der Waals surface area contributed by atoms with Gasteiger partial charge < -0.3 is 19.7 Å². The molecule has 0 unspecified atom stereocenters. The van der Waals surface area contributed by atoms with Gasteiger partial charge in [0.25, 0.3) is 0 Å². The average Bonchev–Trinajstić information content (AvgIpc) is 3.08. The number of nitrogens with zero attached hydrogens (tertiary/aromatic N) is 1. The Morgan fingerprint density at radius 3 is 2.78 bits per heavy atom. The summed E-state index contributed by atoms with van der Waals surface area (Å²) >= 11 is 0. The molecule has 0 aliphatic carbocycles. The molecule has 1 aromatic carbocycles. The van der Waals surface area contributed by atoms with Gasteiger partial charge in [0.2, 0.25) is 0 Å². The maximum Gasteiger partial charge on any atom is 0.318 e. The van der Waals surface area contributed by atoms with E-state index in [1.807, 2.05) is 6.92 Å². The Labute approximate surface area is 135 Å². The zero-order valence-electron chi connectivity index (χ0n) is 13.3. The van der Waals surface area contributed by atoms with Crippen LogP contribution in [0.3, 0.4) is 0 Å². The molecule has 1 aromatic rings. The van der Waals surface area contributed by atoms with E-state index in [0.29, 0.717) is 26.4 Å². The summed E-state index contributed by atoms with van der Waals surface area (Å²) in [6.07, 6.45) is 1.80. The van der Waals surface area contributed by atoms with Gasteiger partial charge in [0.05, 0.1) is 31.4 Å². The third-order valence-corrected chi connectivity index (χ3v) is 4.47. The summed E-state index contributed by atoms with van der Waals surface area (Å²) < 4.78 is 24.3. The quantitative estimate of drug-likeness (QED) is 0.930. The number of nitrogens with one attached hydrogen (secondary N) is 1. The first-order chi connectivity index (χ1) is 11.1. The number of carbonyl (C=O) groups is 1. The van der Waals surface area contributed by atoms with Gasteiger partial charge in [-0.3, -0.25) is 0 Å². The highest BCUT2D eigenvalue weighted by Crippen LogP contribution is 2.27. The lowest BCUT2D eigenvalue weighted by Crippen LogP contribution is -2.53. The van der Waals surface area contributed by atoms with Crippen molar-refractivity contribution in [2.75, 3.05) is 26.4 Å². The Kier molecular flexibility index (Phi) is 5.13. The minimum absolute atomic E-state index is 0.0436. The predicted octanol–water partition coefficient (Wildman–Crippen LogP) is 2.48. The molecule has 126 valence electrons. The van der Waals surface area contributed by atoms with Crippen LogP contribution in [0.4, 0.5) is 9.18 Å². The number of amides is 2. The molecular weight excluding hydrogens is 299 g/mol. The van der Waals surface area contributed by atoms with Crippen molar-refractivity contribution in [3.63, 3.8) is 0 Å². The van der Waals surface area contributed by atoms with Crippen LogP contribution in [0.1, 0.15) is 31.4 Å². The Bertz CT molecular complexity index is 531. The molecule has 0 saturated carbocycles. The fourth-order valence-electron chi connectivity index (χ4n) is 3.17. The molecule has 2 fully saturated rings. The smallest absolute Gasteiger partial charge is 0.318 e. The molecule has 23 heavy (non-hydrogen) atoms. The minimum Gasteiger partial charge on any atom is -0.377 e. The van der Waals surface area contributed by atoms with E-state index in [0.717, 1.165) is 18.4 Å². The number of hydrogen-bond donors (Lipinski definition) is 1. The molecule has 6 heteroatoms. The van der Waals surface area contributed by atoms with Crippen LogP contribution >= 0.6 is 0 Å². The Morgan fingerprint density at radius 1 is 1.35 bits per heavy atom. The standard InChI is InChI=1S/C17H23FN2O3/c1-12-11-22-10-8-20(12)17(21)19-16(15-3-2-9-23-15)13-4-6-14(18)7-5-13/h4-7,12,15-16H,2-3,8-11H2,1H3,(H,19,21)/t12-,15-,16-/m1/s1. The van der Waals surface area contributed by atoms with Crippen molar-refractivity contribution in [2.24, 2.45) is 0 Å². The molecular formula is C17H23FN2O3. The molecule has 0 spiro atoms. The molecule has 2 amide bonds. The molecule has 3 atom stereocenters. The lowest BCUT2D eigenvalue weighted by Gasteiger charge is -2.35. The van der Waals surface area contributed by atoms with Crippen molar-refractivity contribution >= 4 is 6.03 Å². The monoisotopic (exact) mass is 322 g/mol. The minimum atomic E-state index is -0.284.